The van der Waals surface area contributed by atoms with Crippen molar-refractivity contribution in [2.45, 2.75) is 103 Å². The molecule has 5 rings (SSSR count). The van der Waals surface area contributed by atoms with Crippen LogP contribution in [0.15, 0.2) is 18.2 Å². The van der Waals surface area contributed by atoms with E-state index in [-0.39, 0.29) is 0 Å². The average Bonchev–Trinajstić information content (AvgIpc) is 3.21. The first-order chi connectivity index (χ1) is 17.3. The van der Waals surface area contributed by atoms with Gasteiger partial charge < -0.3 is 15.2 Å². The van der Waals surface area contributed by atoms with Crippen LogP contribution in [0.5, 0.6) is 0 Å². The van der Waals surface area contributed by atoms with E-state index in [1.54, 1.807) is 7.11 Å². The smallest absolute Gasteiger partial charge is 0.0991 e. The Morgan fingerprint density at radius 3 is 2.64 bits per heavy atom. The molecule has 36 heavy (non-hydrogen) atoms. The van der Waals surface area contributed by atoms with E-state index in [0.29, 0.717) is 18.1 Å². The lowest BCUT2D eigenvalue weighted by Crippen LogP contribution is -2.52. The highest BCUT2D eigenvalue weighted by atomic mass is 16.5. The van der Waals surface area contributed by atoms with Crippen LogP contribution in [-0.2, 0) is 17.8 Å². The predicted octanol–water partition coefficient (Wildman–Crippen LogP) is 6.25. The summed E-state index contributed by atoms with van der Waals surface area (Å²) in [6.45, 7) is 8.67. The Kier molecular flexibility index (Phi) is 7.57. The molecule has 0 spiro atoms. The largest absolute Gasteiger partial charge is 0.390 e. The molecule has 4 heteroatoms. The second-order valence-electron chi connectivity index (χ2n) is 13.4. The number of aliphatic hydroxyl groups is 1. The van der Waals surface area contributed by atoms with Crippen LogP contribution in [0.25, 0.3) is 0 Å². The molecule has 0 radical (unpaired) electrons. The molecule has 0 heterocycles. The van der Waals surface area contributed by atoms with Crippen molar-refractivity contribution >= 4 is 0 Å². The van der Waals surface area contributed by atoms with Gasteiger partial charge in [0.15, 0.2) is 0 Å². The molecule has 198 valence electrons. The molecule has 0 bridgehead atoms. The maximum absolute atomic E-state index is 10.7. The van der Waals surface area contributed by atoms with Crippen molar-refractivity contribution in [1.82, 2.24) is 5.32 Å². The molecule has 4 aliphatic rings. The Labute approximate surface area is 219 Å². The van der Waals surface area contributed by atoms with E-state index in [9.17, 15) is 10.4 Å². The topological polar surface area (TPSA) is 65.3 Å². The van der Waals surface area contributed by atoms with Gasteiger partial charge >= 0.3 is 0 Å². The van der Waals surface area contributed by atoms with Crippen LogP contribution < -0.4 is 5.32 Å². The number of hydrogen-bond acceptors (Lipinski definition) is 4. The van der Waals surface area contributed by atoms with E-state index in [4.69, 9.17) is 4.74 Å². The van der Waals surface area contributed by atoms with Gasteiger partial charge in [0.2, 0.25) is 0 Å². The molecule has 0 unspecified atom stereocenters. The molecule has 0 aliphatic heterocycles. The minimum absolute atomic E-state index is 0.420. The Bertz CT molecular complexity index is 967. The third kappa shape index (κ3) is 4.89. The zero-order chi connectivity index (χ0) is 25.5. The molecule has 4 saturated carbocycles. The number of benzene rings is 1. The molecule has 9 atom stereocenters. The Hall–Kier alpha value is -1.41. The van der Waals surface area contributed by atoms with Gasteiger partial charge in [-0.2, -0.15) is 5.26 Å². The van der Waals surface area contributed by atoms with Crippen LogP contribution in [0, 0.1) is 52.3 Å². The van der Waals surface area contributed by atoms with Crippen molar-refractivity contribution in [3.63, 3.8) is 0 Å². The van der Waals surface area contributed by atoms with E-state index in [0.717, 1.165) is 66.9 Å². The van der Waals surface area contributed by atoms with Crippen LogP contribution in [0.3, 0.4) is 0 Å². The van der Waals surface area contributed by atoms with Crippen molar-refractivity contribution in [3.8, 4) is 6.07 Å². The number of hydrogen-bond donors (Lipinski definition) is 2. The first-order valence-corrected chi connectivity index (χ1v) is 14.7. The summed E-state index contributed by atoms with van der Waals surface area (Å²) in [5.74, 6) is 5.09. The van der Waals surface area contributed by atoms with E-state index >= 15 is 0 Å². The fraction of sp³-hybridized carbons (Fsp3) is 0.781. The summed E-state index contributed by atoms with van der Waals surface area (Å²) >= 11 is 0. The number of nitrogens with zero attached hydrogens (tertiary/aromatic N) is 1. The lowest BCUT2D eigenvalue weighted by atomic mass is 9.49. The average molecular weight is 493 g/mol. The molecule has 4 aliphatic carbocycles. The van der Waals surface area contributed by atoms with Gasteiger partial charge in [0.05, 0.1) is 23.8 Å². The SMILES string of the molecule is COCc1ccc(C#N)cc1CCN[C@H](C)[C@H]1CC[C@H]2[C@@H]3CC[C@@H]4C[C@](C)(O)CC[C@@H]4[C@H]3CC[C@]12C. The predicted molar refractivity (Wildman–Crippen MR) is 144 cm³/mol. The number of methoxy groups -OCH3 is 1. The van der Waals surface area contributed by atoms with E-state index in [1.807, 2.05) is 18.2 Å². The highest BCUT2D eigenvalue weighted by Gasteiger charge is 2.58. The molecular formula is C32H48N2O2. The summed E-state index contributed by atoms with van der Waals surface area (Å²) in [6.07, 6.45) is 12.5. The zero-order valence-corrected chi connectivity index (χ0v) is 23.1. The second-order valence-corrected chi connectivity index (χ2v) is 13.4. The molecule has 0 aromatic heterocycles. The molecule has 1 aromatic rings. The van der Waals surface area contributed by atoms with Gasteiger partial charge in [0.25, 0.3) is 0 Å². The Morgan fingerprint density at radius 1 is 1.06 bits per heavy atom. The molecule has 0 saturated heterocycles. The Morgan fingerprint density at radius 2 is 1.86 bits per heavy atom. The first-order valence-electron chi connectivity index (χ1n) is 14.7. The van der Waals surface area contributed by atoms with Crippen LogP contribution in [0.2, 0.25) is 0 Å². The quantitative estimate of drug-likeness (QED) is 0.472. The van der Waals surface area contributed by atoms with Crippen molar-refractivity contribution in [2.75, 3.05) is 13.7 Å². The number of nitriles is 1. The van der Waals surface area contributed by atoms with Crippen molar-refractivity contribution in [1.29, 1.82) is 5.26 Å². The van der Waals surface area contributed by atoms with Gasteiger partial charge in [0.1, 0.15) is 0 Å². The summed E-state index contributed by atoms with van der Waals surface area (Å²) < 4.78 is 5.39. The van der Waals surface area contributed by atoms with Gasteiger partial charge in [-0.1, -0.05) is 13.0 Å². The molecule has 4 nitrogen and oxygen atoms in total. The van der Waals surface area contributed by atoms with Gasteiger partial charge in [-0.15, -0.1) is 0 Å². The summed E-state index contributed by atoms with van der Waals surface area (Å²) in [4.78, 5) is 0. The fourth-order valence-corrected chi connectivity index (χ4v) is 9.74. The maximum atomic E-state index is 10.7. The van der Waals surface area contributed by atoms with Crippen molar-refractivity contribution in [3.05, 3.63) is 34.9 Å². The normalized spacial score (nSPS) is 40.6. The molecular weight excluding hydrogens is 444 g/mol. The molecule has 4 fully saturated rings. The summed E-state index contributed by atoms with van der Waals surface area (Å²) in [5, 5.41) is 23.9. The fourth-order valence-electron chi connectivity index (χ4n) is 9.74. The molecule has 2 N–H and O–H groups in total. The van der Waals surface area contributed by atoms with Crippen LogP contribution in [-0.4, -0.2) is 30.4 Å². The monoisotopic (exact) mass is 492 g/mol. The third-order valence-electron chi connectivity index (χ3n) is 11.4. The molecule has 1 aromatic carbocycles. The molecule has 0 amide bonds. The summed E-state index contributed by atoms with van der Waals surface area (Å²) in [5.41, 5.74) is 3.20. The summed E-state index contributed by atoms with van der Waals surface area (Å²) in [7, 11) is 1.73. The van der Waals surface area contributed by atoms with E-state index in [1.165, 1.54) is 56.1 Å². The number of nitrogens with one attached hydrogen (secondary N) is 1. The van der Waals surface area contributed by atoms with E-state index in [2.05, 4.69) is 32.2 Å². The minimum atomic E-state index is -0.420. The third-order valence-corrected chi connectivity index (χ3v) is 11.4. The first kappa shape index (κ1) is 26.2. The Balaban J connectivity index is 1.21. The van der Waals surface area contributed by atoms with Crippen LogP contribution in [0.4, 0.5) is 0 Å². The minimum Gasteiger partial charge on any atom is -0.390 e. The number of ether oxygens (including phenoxy) is 1. The van der Waals surface area contributed by atoms with Crippen molar-refractivity contribution < 1.29 is 9.84 Å². The van der Waals surface area contributed by atoms with Crippen LogP contribution >= 0.6 is 0 Å². The highest BCUT2D eigenvalue weighted by molar-refractivity contribution is 5.38. The number of fused-ring (bicyclic) bond motifs is 5. The summed E-state index contributed by atoms with van der Waals surface area (Å²) in [6, 6.07) is 8.78. The number of rotatable bonds is 7. The zero-order valence-electron chi connectivity index (χ0n) is 23.1. The van der Waals surface area contributed by atoms with Crippen molar-refractivity contribution in [2.24, 2.45) is 40.9 Å². The van der Waals surface area contributed by atoms with Crippen LogP contribution in [0.1, 0.15) is 95.2 Å². The van der Waals surface area contributed by atoms with Gasteiger partial charge in [-0.05, 0) is 149 Å². The lowest BCUT2D eigenvalue weighted by molar-refractivity contribution is -0.101. The second kappa shape index (κ2) is 10.4. The standard InChI is InChI=1S/C32H48N2O2/c1-21(34-16-13-23-17-22(19-33)5-6-25(23)20-36-4)29-9-10-30-28-8-7-24-18-31(2,35)14-11-26(24)27(28)12-15-32(29,30)3/h5-6,17,21,24,26-30,34-35H,7-16,18,20H2,1-4H3/t21-,24-,26+,27-,28-,29-,30+,31-,32-/m1/s1. The maximum Gasteiger partial charge on any atom is 0.0991 e. The van der Waals surface area contributed by atoms with Gasteiger partial charge in [-0.3, -0.25) is 0 Å². The lowest BCUT2D eigenvalue weighted by Gasteiger charge is -2.57. The van der Waals surface area contributed by atoms with E-state index < -0.39 is 5.60 Å². The van der Waals surface area contributed by atoms with Gasteiger partial charge in [0, 0.05) is 13.2 Å². The van der Waals surface area contributed by atoms with Gasteiger partial charge in [-0.25, -0.2) is 0 Å². The highest BCUT2D eigenvalue weighted by Crippen LogP contribution is 2.65.